The van der Waals surface area contributed by atoms with Gasteiger partial charge in [0.1, 0.15) is 0 Å². The molecule has 0 spiro atoms. The summed E-state index contributed by atoms with van der Waals surface area (Å²) < 4.78 is 11.0. The van der Waals surface area contributed by atoms with Crippen LogP contribution in [0.2, 0.25) is 0 Å². The Hall–Kier alpha value is -0.600. The van der Waals surface area contributed by atoms with Gasteiger partial charge in [0, 0.05) is 39.6 Å². The monoisotopic (exact) mass is 212 g/mol. The maximum absolute atomic E-state index is 5.64. The molecule has 4 nitrogen and oxygen atoms in total. The van der Waals surface area contributed by atoms with E-state index in [2.05, 4.69) is 11.3 Å². The van der Waals surface area contributed by atoms with E-state index >= 15 is 0 Å². The predicted molar refractivity (Wildman–Crippen MR) is 59.0 cm³/mol. The van der Waals surface area contributed by atoms with Gasteiger partial charge in [-0.05, 0) is 6.42 Å². The molecule has 0 amide bonds. The normalized spacial score (nSPS) is 21.9. The highest BCUT2D eigenvalue weighted by Gasteiger charge is 2.39. The van der Waals surface area contributed by atoms with Gasteiger partial charge in [0.25, 0.3) is 0 Å². The molecule has 0 aromatic rings. The Balaban J connectivity index is 2.63. The van der Waals surface area contributed by atoms with Crippen molar-refractivity contribution >= 4 is 0 Å². The highest BCUT2D eigenvalue weighted by molar-refractivity contribution is 4.96. The molecule has 1 atom stereocenters. The van der Waals surface area contributed by atoms with Gasteiger partial charge in [-0.2, -0.15) is 0 Å². The van der Waals surface area contributed by atoms with E-state index in [-0.39, 0.29) is 11.6 Å². The third-order valence-corrected chi connectivity index (χ3v) is 3.16. The number of hydrogen-bond donors (Lipinski definition) is 2. The number of terminal acetylenes is 1. The van der Waals surface area contributed by atoms with Crippen LogP contribution in [-0.2, 0) is 9.47 Å². The van der Waals surface area contributed by atoms with Gasteiger partial charge in [0.15, 0.2) is 0 Å². The maximum Gasteiger partial charge on any atom is 0.0888 e. The van der Waals surface area contributed by atoms with Crippen molar-refractivity contribution in [2.45, 2.75) is 37.3 Å². The van der Waals surface area contributed by atoms with E-state index in [4.69, 9.17) is 21.7 Å². The van der Waals surface area contributed by atoms with E-state index in [1.165, 1.54) is 0 Å². The van der Waals surface area contributed by atoms with Crippen molar-refractivity contribution in [2.24, 2.45) is 5.84 Å². The van der Waals surface area contributed by atoms with Gasteiger partial charge >= 0.3 is 0 Å². The van der Waals surface area contributed by atoms with E-state index in [1.807, 2.05) is 0 Å². The Labute approximate surface area is 91.5 Å². The number of hydrogen-bond acceptors (Lipinski definition) is 4. The molecular weight excluding hydrogens is 192 g/mol. The van der Waals surface area contributed by atoms with Crippen molar-refractivity contribution in [1.29, 1.82) is 0 Å². The molecule has 0 aliphatic carbocycles. The molecule has 1 aliphatic heterocycles. The Kier molecular flexibility index (Phi) is 5.06. The minimum Gasteiger partial charge on any atom is -0.381 e. The molecule has 1 unspecified atom stereocenters. The molecular formula is C11H20N2O2. The molecule has 1 fully saturated rings. The van der Waals surface area contributed by atoms with Crippen molar-refractivity contribution in [1.82, 2.24) is 5.43 Å². The zero-order valence-electron chi connectivity index (χ0n) is 9.29. The second kappa shape index (κ2) is 6.09. The molecule has 3 N–H and O–H groups in total. The van der Waals surface area contributed by atoms with E-state index in [1.54, 1.807) is 7.11 Å². The quantitative estimate of drug-likeness (QED) is 0.394. The van der Waals surface area contributed by atoms with Gasteiger partial charge < -0.3 is 9.47 Å². The summed E-state index contributed by atoms with van der Waals surface area (Å²) in [7, 11) is 1.73. The first-order chi connectivity index (χ1) is 7.29. The van der Waals surface area contributed by atoms with Crippen molar-refractivity contribution < 1.29 is 9.47 Å². The Morgan fingerprint density at radius 1 is 1.60 bits per heavy atom. The first-order valence-corrected chi connectivity index (χ1v) is 5.31. The third-order valence-electron chi connectivity index (χ3n) is 3.16. The number of hydrazine groups is 1. The lowest BCUT2D eigenvalue weighted by atomic mass is 9.84. The highest BCUT2D eigenvalue weighted by atomic mass is 16.5. The van der Waals surface area contributed by atoms with Gasteiger partial charge in [-0.15, -0.1) is 12.3 Å². The molecule has 15 heavy (non-hydrogen) atoms. The molecule has 4 heteroatoms. The number of methoxy groups -OCH3 is 1. The van der Waals surface area contributed by atoms with Gasteiger partial charge in [-0.25, -0.2) is 0 Å². The summed E-state index contributed by atoms with van der Waals surface area (Å²) in [5, 5.41) is 0. The van der Waals surface area contributed by atoms with Crippen LogP contribution < -0.4 is 11.3 Å². The molecule has 1 saturated heterocycles. The van der Waals surface area contributed by atoms with Gasteiger partial charge in [-0.1, -0.05) is 0 Å². The molecule has 1 rings (SSSR count). The van der Waals surface area contributed by atoms with E-state index in [0.29, 0.717) is 6.42 Å². The summed E-state index contributed by atoms with van der Waals surface area (Å²) in [6.45, 7) is 1.45. The SMILES string of the molecule is C#CCCC(NN)C1(OC)CCOCC1. The Morgan fingerprint density at radius 2 is 2.27 bits per heavy atom. The predicted octanol–water partition coefficient (Wildman–Crippen LogP) is 0.427. The summed E-state index contributed by atoms with van der Waals surface area (Å²) in [6.07, 6.45) is 8.53. The fraction of sp³-hybridized carbons (Fsp3) is 0.818. The van der Waals surface area contributed by atoms with Crippen LogP contribution in [0.15, 0.2) is 0 Å². The van der Waals surface area contributed by atoms with E-state index in [9.17, 15) is 0 Å². The van der Waals surface area contributed by atoms with Crippen molar-refractivity contribution in [3.05, 3.63) is 0 Å². The second-order valence-corrected chi connectivity index (χ2v) is 3.84. The average molecular weight is 212 g/mol. The first-order valence-electron chi connectivity index (χ1n) is 5.31. The highest BCUT2D eigenvalue weighted by Crippen LogP contribution is 2.29. The molecule has 0 bridgehead atoms. The summed E-state index contributed by atoms with van der Waals surface area (Å²) in [5.41, 5.74) is 2.60. The van der Waals surface area contributed by atoms with Crippen LogP contribution in [0, 0.1) is 12.3 Å². The van der Waals surface area contributed by atoms with Gasteiger partial charge in [-0.3, -0.25) is 11.3 Å². The molecule has 1 heterocycles. The lowest BCUT2D eigenvalue weighted by molar-refractivity contribution is -0.111. The molecule has 1 aliphatic rings. The number of nitrogens with one attached hydrogen (secondary N) is 1. The molecule has 0 aromatic carbocycles. The molecule has 0 aromatic heterocycles. The minimum absolute atomic E-state index is 0.0995. The van der Waals surface area contributed by atoms with Gasteiger partial charge in [0.05, 0.1) is 11.6 Å². The lowest BCUT2D eigenvalue weighted by Gasteiger charge is -2.41. The van der Waals surface area contributed by atoms with Crippen molar-refractivity contribution in [3.8, 4) is 12.3 Å². The Bertz CT molecular complexity index is 219. The largest absolute Gasteiger partial charge is 0.381 e. The fourth-order valence-electron chi connectivity index (χ4n) is 2.14. The third kappa shape index (κ3) is 2.93. The number of ether oxygens (including phenoxy) is 2. The minimum atomic E-state index is -0.218. The fourth-order valence-corrected chi connectivity index (χ4v) is 2.14. The average Bonchev–Trinajstić information content (AvgIpc) is 2.31. The summed E-state index contributed by atoms with van der Waals surface area (Å²) in [6, 6.07) is 0.0995. The zero-order chi connectivity index (χ0) is 11.1. The molecule has 86 valence electrons. The van der Waals surface area contributed by atoms with Gasteiger partial charge in [0.2, 0.25) is 0 Å². The molecule has 0 saturated carbocycles. The summed E-state index contributed by atoms with van der Waals surface area (Å²) in [4.78, 5) is 0. The van der Waals surface area contributed by atoms with Crippen LogP contribution >= 0.6 is 0 Å². The smallest absolute Gasteiger partial charge is 0.0888 e. The Morgan fingerprint density at radius 3 is 2.73 bits per heavy atom. The zero-order valence-corrected chi connectivity index (χ0v) is 9.29. The van der Waals surface area contributed by atoms with Crippen LogP contribution in [-0.4, -0.2) is 32.0 Å². The number of nitrogens with two attached hydrogens (primary N) is 1. The summed E-state index contributed by atoms with van der Waals surface area (Å²) >= 11 is 0. The molecule has 0 radical (unpaired) electrons. The van der Waals surface area contributed by atoms with Crippen LogP contribution in [0.25, 0.3) is 0 Å². The van der Waals surface area contributed by atoms with Crippen molar-refractivity contribution in [2.75, 3.05) is 20.3 Å². The van der Waals surface area contributed by atoms with E-state index in [0.717, 1.165) is 32.5 Å². The summed E-state index contributed by atoms with van der Waals surface area (Å²) in [5.74, 6) is 8.20. The maximum atomic E-state index is 5.64. The van der Waals surface area contributed by atoms with E-state index < -0.39 is 0 Å². The van der Waals surface area contributed by atoms with Crippen LogP contribution in [0.1, 0.15) is 25.7 Å². The first kappa shape index (κ1) is 12.5. The van der Waals surface area contributed by atoms with Crippen LogP contribution in [0.4, 0.5) is 0 Å². The second-order valence-electron chi connectivity index (χ2n) is 3.84. The van der Waals surface area contributed by atoms with Crippen molar-refractivity contribution in [3.63, 3.8) is 0 Å². The standard InChI is InChI=1S/C11H20N2O2/c1-3-4-5-10(13-12)11(14-2)6-8-15-9-7-11/h1,10,13H,4-9,12H2,2H3. The lowest BCUT2D eigenvalue weighted by Crippen LogP contribution is -2.56. The topological polar surface area (TPSA) is 56.5 Å². The van der Waals surface area contributed by atoms with Crippen LogP contribution in [0.3, 0.4) is 0 Å². The number of rotatable bonds is 5. The van der Waals surface area contributed by atoms with Crippen LogP contribution in [0.5, 0.6) is 0 Å².